The van der Waals surface area contributed by atoms with Gasteiger partial charge in [-0.3, -0.25) is 10.1 Å². The number of ether oxygens (including phenoxy) is 1. The van der Waals surface area contributed by atoms with E-state index >= 15 is 0 Å². The summed E-state index contributed by atoms with van der Waals surface area (Å²) in [5, 5.41) is 3.14. The molecule has 0 aliphatic carbocycles. The fourth-order valence-electron chi connectivity index (χ4n) is 1.71. The summed E-state index contributed by atoms with van der Waals surface area (Å²) >= 11 is 0. The first-order valence-corrected chi connectivity index (χ1v) is 5.43. The number of nitrogens with zero attached hydrogens (tertiary/aromatic N) is 1. The monoisotopic (exact) mass is 223 g/mol. The molecule has 88 valence electrons. The van der Waals surface area contributed by atoms with Crippen molar-refractivity contribution in [3.63, 3.8) is 0 Å². The van der Waals surface area contributed by atoms with Gasteiger partial charge in [-0.25, -0.2) is 4.98 Å². The summed E-state index contributed by atoms with van der Waals surface area (Å²) in [6.07, 6.45) is 2.25. The topological polar surface area (TPSA) is 67.0 Å². The van der Waals surface area contributed by atoms with Crippen molar-refractivity contribution in [3.8, 4) is 0 Å². The molecule has 1 aromatic heterocycles. The Hall–Kier alpha value is -1.36. The first kappa shape index (κ1) is 11.1. The van der Waals surface area contributed by atoms with Gasteiger partial charge in [0, 0.05) is 13.0 Å². The van der Waals surface area contributed by atoms with Crippen LogP contribution in [-0.2, 0) is 22.5 Å². The normalized spacial score (nSPS) is 20.3. The molecule has 2 heterocycles. The number of esters is 1. The number of H-pyrrole nitrogens is 1. The fourth-order valence-corrected chi connectivity index (χ4v) is 1.71. The summed E-state index contributed by atoms with van der Waals surface area (Å²) < 4.78 is 5.33. The molecule has 1 aromatic rings. The lowest BCUT2D eigenvalue weighted by Crippen LogP contribution is -2.45. The molecule has 5 heteroatoms. The van der Waals surface area contributed by atoms with Crippen LogP contribution < -0.4 is 5.32 Å². The van der Waals surface area contributed by atoms with Crippen LogP contribution in [0.25, 0.3) is 0 Å². The maximum atomic E-state index is 11.8. The molecule has 2 rings (SSSR count). The van der Waals surface area contributed by atoms with Gasteiger partial charge in [0.05, 0.1) is 17.7 Å². The van der Waals surface area contributed by atoms with Crippen LogP contribution in [0.1, 0.15) is 32.2 Å². The average molecular weight is 223 g/mol. The van der Waals surface area contributed by atoms with Crippen molar-refractivity contribution in [2.45, 2.75) is 45.4 Å². The SMILES string of the molecule is CC(C)(C)OC(=O)[C@@H]1Cc2nc[nH]c2CN1. The van der Waals surface area contributed by atoms with E-state index < -0.39 is 5.60 Å². The molecule has 16 heavy (non-hydrogen) atoms. The second-order valence-corrected chi connectivity index (χ2v) is 5.00. The van der Waals surface area contributed by atoms with Gasteiger partial charge in [-0.05, 0) is 20.8 Å². The highest BCUT2D eigenvalue weighted by Crippen LogP contribution is 2.15. The predicted octanol–water partition coefficient (Wildman–Crippen LogP) is 0.766. The molecule has 0 radical (unpaired) electrons. The smallest absolute Gasteiger partial charge is 0.324 e. The van der Waals surface area contributed by atoms with Crippen LogP contribution in [0.4, 0.5) is 0 Å². The van der Waals surface area contributed by atoms with Gasteiger partial charge in [-0.2, -0.15) is 0 Å². The summed E-state index contributed by atoms with van der Waals surface area (Å²) in [5.41, 5.74) is 1.57. The van der Waals surface area contributed by atoms with Crippen molar-refractivity contribution in [1.82, 2.24) is 15.3 Å². The quantitative estimate of drug-likeness (QED) is 0.690. The van der Waals surface area contributed by atoms with E-state index in [1.807, 2.05) is 20.8 Å². The number of rotatable bonds is 1. The summed E-state index contributed by atoms with van der Waals surface area (Å²) in [6, 6.07) is -0.282. The Bertz CT molecular complexity index is 392. The largest absolute Gasteiger partial charge is 0.459 e. The van der Waals surface area contributed by atoms with Crippen LogP contribution in [-0.4, -0.2) is 27.6 Å². The molecule has 1 atom stereocenters. The zero-order chi connectivity index (χ0) is 11.8. The Kier molecular flexibility index (Phi) is 2.71. The number of carbonyl (C=O) groups is 1. The third-order valence-electron chi connectivity index (χ3n) is 2.42. The van der Waals surface area contributed by atoms with Crippen LogP contribution in [0.2, 0.25) is 0 Å². The molecule has 0 saturated heterocycles. The molecule has 0 fully saturated rings. The van der Waals surface area contributed by atoms with Crippen molar-refractivity contribution in [2.75, 3.05) is 0 Å². The van der Waals surface area contributed by atoms with Crippen molar-refractivity contribution < 1.29 is 9.53 Å². The molecule has 0 spiro atoms. The third-order valence-corrected chi connectivity index (χ3v) is 2.42. The van der Waals surface area contributed by atoms with E-state index in [0.717, 1.165) is 11.4 Å². The molecule has 0 aromatic carbocycles. The lowest BCUT2D eigenvalue weighted by Gasteiger charge is -2.26. The first-order chi connectivity index (χ1) is 7.46. The van der Waals surface area contributed by atoms with Gasteiger partial charge in [-0.1, -0.05) is 0 Å². The lowest BCUT2D eigenvalue weighted by molar-refractivity contribution is -0.157. The van der Waals surface area contributed by atoms with Crippen LogP contribution in [0, 0.1) is 0 Å². The fraction of sp³-hybridized carbons (Fsp3) is 0.636. The molecular formula is C11H17N3O2. The van der Waals surface area contributed by atoms with E-state index in [9.17, 15) is 4.79 Å². The number of fused-ring (bicyclic) bond motifs is 1. The maximum Gasteiger partial charge on any atom is 0.324 e. The van der Waals surface area contributed by atoms with Crippen molar-refractivity contribution >= 4 is 5.97 Å². The summed E-state index contributed by atoms with van der Waals surface area (Å²) in [4.78, 5) is 19.0. The number of hydrogen-bond donors (Lipinski definition) is 2. The predicted molar refractivity (Wildman–Crippen MR) is 58.8 cm³/mol. The minimum atomic E-state index is -0.440. The molecule has 1 aliphatic heterocycles. The highest BCUT2D eigenvalue weighted by Gasteiger charge is 2.29. The van der Waals surface area contributed by atoms with E-state index in [1.165, 1.54) is 0 Å². The van der Waals surface area contributed by atoms with Gasteiger partial charge in [0.2, 0.25) is 0 Å². The number of imidazole rings is 1. The molecule has 0 amide bonds. The van der Waals surface area contributed by atoms with Crippen molar-refractivity contribution in [2.24, 2.45) is 0 Å². The van der Waals surface area contributed by atoms with E-state index in [0.29, 0.717) is 13.0 Å². The molecular weight excluding hydrogens is 206 g/mol. The van der Waals surface area contributed by atoms with Crippen LogP contribution >= 0.6 is 0 Å². The van der Waals surface area contributed by atoms with Gasteiger partial charge >= 0.3 is 5.97 Å². The highest BCUT2D eigenvalue weighted by molar-refractivity contribution is 5.76. The average Bonchev–Trinajstić information content (AvgIpc) is 2.61. The van der Waals surface area contributed by atoms with E-state index in [-0.39, 0.29) is 12.0 Å². The van der Waals surface area contributed by atoms with Crippen LogP contribution in [0.3, 0.4) is 0 Å². The molecule has 5 nitrogen and oxygen atoms in total. The minimum absolute atomic E-state index is 0.207. The van der Waals surface area contributed by atoms with Gasteiger partial charge in [0.15, 0.2) is 0 Å². The van der Waals surface area contributed by atoms with Crippen LogP contribution in [0.5, 0.6) is 0 Å². The second kappa shape index (κ2) is 3.90. The molecule has 0 unspecified atom stereocenters. The van der Waals surface area contributed by atoms with E-state index in [4.69, 9.17) is 4.74 Å². The summed E-state index contributed by atoms with van der Waals surface area (Å²) in [7, 11) is 0. The maximum absolute atomic E-state index is 11.8. The second-order valence-electron chi connectivity index (χ2n) is 5.00. The molecule has 0 bridgehead atoms. The van der Waals surface area contributed by atoms with E-state index in [1.54, 1.807) is 6.33 Å². The zero-order valence-corrected chi connectivity index (χ0v) is 9.83. The van der Waals surface area contributed by atoms with Gasteiger partial charge in [0.25, 0.3) is 0 Å². The first-order valence-electron chi connectivity index (χ1n) is 5.43. The van der Waals surface area contributed by atoms with Gasteiger partial charge < -0.3 is 9.72 Å². The standard InChI is InChI=1S/C11H17N3O2/c1-11(2,3)16-10(15)8-4-7-9(5-12-8)14-6-13-7/h6,8,12H,4-5H2,1-3H3,(H,13,14)/t8-/m0/s1. The number of aromatic nitrogens is 2. The Morgan fingerprint density at radius 1 is 1.56 bits per heavy atom. The number of carbonyl (C=O) groups excluding carboxylic acids is 1. The molecule has 1 aliphatic rings. The highest BCUT2D eigenvalue weighted by atomic mass is 16.6. The Morgan fingerprint density at radius 2 is 2.31 bits per heavy atom. The Morgan fingerprint density at radius 3 is 3.00 bits per heavy atom. The summed E-state index contributed by atoms with van der Waals surface area (Å²) in [6.45, 7) is 6.24. The molecule has 0 saturated carbocycles. The van der Waals surface area contributed by atoms with Crippen molar-refractivity contribution in [3.05, 3.63) is 17.7 Å². The Balaban J connectivity index is 2.01. The number of nitrogens with one attached hydrogen (secondary N) is 2. The van der Waals surface area contributed by atoms with Gasteiger partial charge in [-0.15, -0.1) is 0 Å². The number of aromatic amines is 1. The minimum Gasteiger partial charge on any atom is -0.459 e. The van der Waals surface area contributed by atoms with E-state index in [2.05, 4.69) is 15.3 Å². The lowest BCUT2D eigenvalue weighted by atomic mass is 10.1. The van der Waals surface area contributed by atoms with Gasteiger partial charge in [0.1, 0.15) is 11.6 Å². The van der Waals surface area contributed by atoms with Crippen molar-refractivity contribution in [1.29, 1.82) is 0 Å². The third kappa shape index (κ3) is 2.41. The van der Waals surface area contributed by atoms with Crippen LogP contribution in [0.15, 0.2) is 6.33 Å². The number of hydrogen-bond acceptors (Lipinski definition) is 4. The molecule has 2 N–H and O–H groups in total. The Labute approximate surface area is 94.6 Å². The summed E-state index contributed by atoms with van der Waals surface area (Å²) in [5.74, 6) is -0.207. The zero-order valence-electron chi connectivity index (χ0n) is 9.83.